The molecule has 0 radical (unpaired) electrons. The number of anilines is 2. The van der Waals surface area contributed by atoms with Crippen LogP contribution in [-0.2, 0) is 11.0 Å². The maximum absolute atomic E-state index is 13.0. The number of urea groups is 1. The van der Waals surface area contributed by atoms with Crippen molar-refractivity contribution in [3.05, 3.63) is 54.1 Å². The molecule has 0 bridgehead atoms. The first kappa shape index (κ1) is 21.5. The molecule has 1 aliphatic heterocycles. The summed E-state index contributed by atoms with van der Waals surface area (Å²) >= 11 is 0. The zero-order chi connectivity index (χ0) is 21.7. The van der Waals surface area contributed by atoms with E-state index in [0.29, 0.717) is 18.9 Å². The average molecular weight is 421 g/mol. The molecule has 1 fully saturated rings. The monoisotopic (exact) mass is 421 g/mol. The normalized spacial score (nSPS) is 16.5. The molecule has 1 aliphatic rings. The fourth-order valence-electron chi connectivity index (χ4n) is 3.30. The van der Waals surface area contributed by atoms with Gasteiger partial charge in [0.15, 0.2) is 0 Å². The van der Waals surface area contributed by atoms with Gasteiger partial charge in [0.05, 0.1) is 17.9 Å². The summed E-state index contributed by atoms with van der Waals surface area (Å²) in [6, 6.07) is 11.2. The van der Waals surface area contributed by atoms with Gasteiger partial charge in [-0.25, -0.2) is 4.79 Å². The first-order valence-electron chi connectivity index (χ1n) is 9.52. The second-order valence-corrected chi connectivity index (χ2v) is 6.88. The van der Waals surface area contributed by atoms with E-state index in [1.165, 1.54) is 18.2 Å². The van der Waals surface area contributed by atoms with Gasteiger partial charge in [0.2, 0.25) is 5.91 Å². The van der Waals surface area contributed by atoms with Crippen LogP contribution in [0.5, 0.6) is 5.75 Å². The van der Waals surface area contributed by atoms with Crippen molar-refractivity contribution in [1.29, 1.82) is 0 Å². The fourth-order valence-corrected chi connectivity index (χ4v) is 3.30. The smallest absolute Gasteiger partial charge is 0.418 e. The molecule has 30 heavy (non-hydrogen) atoms. The SMILES string of the molecule is CCOc1ccc(N2CC(CNC(=O)Nc3ccccc3C(F)(F)F)CC2=O)cc1. The maximum atomic E-state index is 13.0. The lowest BCUT2D eigenvalue weighted by Crippen LogP contribution is -2.34. The van der Waals surface area contributed by atoms with E-state index in [-0.39, 0.29) is 30.5 Å². The van der Waals surface area contributed by atoms with Gasteiger partial charge in [-0.3, -0.25) is 4.79 Å². The Hall–Kier alpha value is -3.23. The highest BCUT2D eigenvalue weighted by Crippen LogP contribution is 2.34. The van der Waals surface area contributed by atoms with Gasteiger partial charge in [0.25, 0.3) is 0 Å². The standard InChI is InChI=1S/C21H22F3N3O3/c1-2-30-16-9-7-15(8-10-16)27-13-14(11-19(27)28)12-25-20(29)26-18-6-4-3-5-17(18)21(22,23)24/h3-10,14H,2,11-13H2,1H3,(H2,25,26,29). The quantitative estimate of drug-likeness (QED) is 0.732. The number of benzene rings is 2. The summed E-state index contributed by atoms with van der Waals surface area (Å²) in [7, 11) is 0. The van der Waals surface area contributed by atoms with Gasteiger partial charge in [0.1, 0.15) is 5.75 Å². The highest BCUT2D eigenvalue weighted by molar-refractivity contribution is 5.96. The Labute approximate surface area is 172 Å². The highest BCUT2D eigenvalue weighted by Gasteiger charge is 2.34. The Morgan fingerprint density at radius 1 is 1.17 bits per heavy atom. The molecule has 0 aromatic heterocycles. The van der Waals surface area contributed by atoms with Crippen LogP contribution < -0.4 is 20.3 Å². The zero-order valence-corrected chi connectivity index (χ0v) is 16.3. The van der Waals surface area contributed by atoms with Gasteiger partial charge >= 0.3 is 12.2 Å². The Bertz CT molecular complexity index is 900. The first-order valence-corrected chi connectivity index (χ1v) is 9.52. The lowest BCUT2D eigenvalue weighted by atomic mass is 10.1. The van der Waals surface area contributed by atoms with Crippen LogP contribution in [0, 0.1) is 5.92 Å². The Kier molecular flexibility index (Phi) is 6.49. The first-order chi connectivity index (χ1) is 14.3. The average Bonchev–Trinajstić information content (AvgIpc) is 3.07. The summed E-state index contributed by atoms with van der Waals surface area (Å²) in [6.45, 7) is 3.00. The third-order valence-electron chi connectivity index (χ3n) is 4.70. The summed E-state index contributed by atoms with van der Waals surface area (Å²) < 4.78 is 44.5. The minimum Gasteiger partial charge on any atom is -0.494 e. The number of hydrogen-bond donors (Lipinski definition) is 2. The van der Waals surface area contributed by atoms with Crippen LogP contribution in [0.1, 0.15) is 18.9 Å². The predicted molar refractivity (Wildman–Crippen MR) is 107 cm³/mol. The van der Waals surface area contributed by atoms with Crippen molar-refractivity contribution in [1.82, 2.24) is 5.32 Å². The van der Waals surface area contributed by atoms with Crippen LogP contribution in [-0.4, -0.2) is 31.6 Å². The van der Waals surface area contributed by atoms with Crippen molar-refractivity contribution < 1.29 is 27.5 Å². The van der Waals surface area contributed by atoms with Crippen molar-refractivity contribution in [2.75, 3.05) is 29.9 Å². The minimum absolute atomic E-state index is 0.0752. The van der Waals surface area contributed by atoms with Crippen molar-refractivity contribution in [3.63, 3.8) is 0 Å². The number of carbonyl (C=O) groups is 2. The molecule has 3 amide bonds. The summed E-state index contributed by atoms with van der Waals surface area (Å²) in [6.07, 6.45) is -4.33. The number of rotatable bonds is 6. The van der Waals surface area contributed by atoms with Crippen LogP contribution in [0.3, 0.4) is 0 Å². The Balaban J connectivity index is 1.54. The maximum Gasteiger partial charge on any atom is 0.418 e. The number of ether oxygens (including phenoxy) is 1. The molecule has 3 rings (SSSR count). The van der Waals surface area contributed by atoms with Crippen LogP contribution in [0.15, 0.2) is 48.5 Å². The lowest BCUT2D eigenvalue weighted by molar-refractivity contribution is -0.136. The lowest BCUT2D eigenvalue weighted by Gasteiger charge is -2.18. The van der Waals surface area contributed by atoms with E-state index in [0.717, 1.165) is 11.8 Å². The number of carbonyl (C=O) groups excluding carboxylic acids is 2. The summed E-state index contributed by atoms with van der Waals surface area (Å²) in [5, 5.41) is 4.78. The predicted octanol–water partition coefficient (Wildman–Crippen LogP) is 4.28. The van der Waals surface area contributed by atoms with E-state index >= 15 is 0 Å². The van der Waals surface area contributed by atoms with Crippen LogP contribution >= 0.6 is 0 Å². The molecule has 2 aromatic carbocycles. The zero-order valence-electron chi connectivity index (χ0n) is 16.3. The molecule has 160 valence electrons. The van der Waals surface area contributed by atoms with Crippen molar-refractivity contribution in [2.45, 2.75) is 19.5 Å². The largest absolute Gasteiger partial charge is 0.494 e. The van der Waals surface area contributed by atoms with Gasteiger partial charge in [0, 0.05) is 31.1 Å². The third kappa shape index (κ3) is 5.22. The molecule has 6 nitrogen and oxygen atoms in total. The molecule has 1 saturated heterocycles. The summed E-state index contributed by atoms with van der Waals surface area (Å²) in [5.74, 6) is 0.489. The molecule has 2 N–H and O–H groups in total. The van der Waals surface area contributed by atoms with Crippen LogP contribution in [0.25, 0.3) is 0 Å². The second kappa shape index (κ2) is 9.06. The molecule has 1 atom stereocenters. The van der Waals surface area contributed by atoms with E-state index in [1.54, 1.807) is 29.2 Å². The van der Waals surface area contributed by atoms with Crippen molar-refractivity contribution in [3.8, 4) is 5.75 Å². The van der Waals surface area contributed by atoms with E-state index in [1.807, 2.05) is 6.92 Å². The molecular formula is C21H22F3N3O3. The van der Waals surface area contributed by atoms with E-state index < -0.39 is 17.8 Å². The van der Waals surface area contributed by atoms with Gasteiger partial charge in [-0.15, -0.1) is 0 Å². The molecule has 0 saturated carbocycles. The number of para-hydroxylation sites is 1. The second-order valence-electron chi connectivity index (χ2n) is 6.88. The highest BCUT2D eigenvalue weighted by atomic mass is 19.4. The molecule has 1 unspecified atom stereocenters. The summed E-state index contributed by atoms with van der Waals surface area (Å²) in [4.78, 5) is 26.0. The number of nitrogens with one attached hydrogen (secondary N) is 2. The van der Waals surface area contributed by atoms with E-state index in [9.17, 15) is 22.8 Å². The van der Waals surface area contributed by atoms with Gasteiger partial charge in [-0.2, -0.15) is 13.2 Å². The number of amides is 3. The number of hydrogen-bond acceptors (Lipinski definition) is 3. The number of nitrogens with zero attached hydrogens (tertiary/aromatic N) is 1. The van der Waals surface area contributed by atoms with Crippen molar-refractivity contribution >= 4 is 23.3 Å². The Morgan fingerprint density at radius 3 is 2.53 bits per heavy atom. The molecule has 9 heteroatoms. The number of halogens is 3. The van der Waals surface area contributed by atoms with Gasteiger partial charge < -0.3 is 20.3 Å². The molecule has 0 aliphatic carbocycles. The topological polar surface area (TPSA) is 70.7 Å². The summed E-state index contributed by atoms with van der Waals surface area (Å²) in [5.41, 5.74) is -0.506. The van der Waals surface area contributed by atoms with Crippen LogP contribution in [0.2, 0.25) is 0 Å². The Morgan fingerprint density at radius 2 is 1.87 bits per heavy atom. The molecule has 1 heterocycles. The van der Waals surface area contributed by atoms with Gasteiger partial charge in [-0.1, -0.05) is 12.1 Å². The molecule has 2 aromatic rings. The molecular weight excluding hydrogens is 399 g/mol. The van der Waals surface area contributed by atoms with E-state index in [2.05, 4.69) is 10.6 Å². The minimum atomic E-state index is -4.57. The van der Waals surface area contributed by atoms with Crippen molar-refractivity contribution in [2.24, 2.45) is 5.92 Å². The fraction of sp³-hybridized carbons (Fsp3) is 0.333. The van der Waals surface area contributed by atoms with Gasteiger partial charge in [-0.05, 0) is 43.3 Å². The van der Waals surface area contributed by atoms with Crippen LogP contribution in [0.4, 0.5) is 29.3 Å². The molecule has 0 spiro atoms. The van der Waals surface area contributed by atoms with E-state index in [4.69, 9.17) is 4.74 Å². The number of alkyl halides is 3. The third-order valence-corrected chi connectivity index (χ3v) is 4.70.